The lowest BCUT2D eigenvalue weighted by Gasteiger charge is -1.93. The van der Waals surface area contributed by atoms with Crippen molar-refractivity contribution in [3.05, 3.63) is 0 Å². The predicted octanol–water partition coefficient (Wildman–Crippen LogP) is 4.43. The van der Waals surface area contributed by atoms with Gasteiger partial charge in [-0.2, -0.15) is 0 Å². The van der Waals surface area contributed by atoms with Gasteiger partial charge < -0.3 is 4.74 Å². The third-order valence-electron chi connectivity index (χ3n) is 1.21. The first-order chi connectivity index (χ1) is 6.83. The molecule has 0 aromatic rings. The van der Waals surface area contributed by atoms with Crippen LogP contribution in [0.1, 0.15) is 19.3 Å². The van der Waals surface area contributed by atoms with E-state index in [4.69, 9.17) is 27.9 Å². The topological polar surface area (TPSA) is 9.23 Å². The fourth-order valence-corrected chi connectivity index (χ4v) is 1.59. The van der Waals surface area contributed by atoms with Crippen LogP contribution in [0.25, 0.3) is 0 Å². The molecule has 0 aliphatic rings. The summed E-state index contributed by atoms with van der Waals surface area (Å²) in [6, 6.07) is 0. The zero-order valence-corrected chi connectivity index (χ0v) is 13.0. The summed E-state index contributed by atoms with van der Waals surface area (Å²) >= 11 is 17.3. The summed E-state index contributed by atoms with van der Waals surface area (Å²) < 4.78 is 4.87. The van der Waals surface area contributed by atoms with Crippen LogP contribution in [0.4, 0.5) is 0 Å². The molecule has 1 nitrogen and oxygen atoms in total. The number of hydrogen-bond acceptors (Lipinski definition) is 1. The van der Waals surface area contributed by atoms with Gasteiger partial charge in [-0.05, 0) is 12.8 Å². The van der Waals surface area contributed by atoms with Gasteiger partial charge in [-0.25, -0.2) is 0 Å². The Morgan fingerprint density at radius 2 is 1.21 bits per heavy atom. The molecule has 0 unspecified atom stereocenters. The van der Waals surface area contributed by atoms with Crippen LogP contribution in [0.2, 0.25) is 0 Å². The second kappa shape index (κ2) is 20.0. The van der Waals surface area contributed by atoms with Crippen molar-refractivity contribution < 1.29 is 4.74 Å². The molecule has 0 aliphatic heterocycles. The third-order valence-corrected chi connectivity index (χ3v) is 2.64. The minimum atomic E-state index is 0.552. The van der Waals surface area contributed by atoms with Gasteiger partial charge in [-0.1, -0.05) is 38.3 Å². The Balaban J connectivity index is 0. The second-order valence-electron chi connectivity index (χ2n) is 2.43. The molecule has 0 amide bonds. The summed E-state index contributed by atoms with van der Waals surface area (Å²) in [5.41, 5.74) is 0. The van der Waals surface area contributed by atoms with E-state index in [1.807, 2.05) is 0 Å². The number of halogens is 4. The van der Waals surface area contributed by atoms with E-state index in [9.17, 15) is 0 Å². The summed E-state index contributed by atoms with van der Waals surface area (Å²) in [6.45, 7) is 1.21. The van der Waals surface area contributed by atoms with Crippen LogP contribution in [0.5, 0.6) is 0 Å². The SMILES string of the molecule is BrCCCCCBr.ClCCOCCCl. The zero-order valence-electron chi connectivity index (χ0n) is 8.28. The second-order valence-corrected chi connectivity index (χ2v) is 4.77. The van der Waals surface area contributed by atoms with Crippen molar-refractivity contribution in [2.24, 2.45) is 0 Å². The molecule has 0 radical (unpaired) electrons. The van der Waals surface area contributed by atoms with Gasteiger partial charge in [0.25, 0.3) is 0 Å². The predicted molar refractivity (Wildman–Crippen MR) is 73.7 cm³/mol. The van der Waals surface area contributed by atoms with Crippen LogP contribution in [0.15, 0.2) is 0 Å². The van der Waals surface area contributed by atoms with E-state index < -0.39 is 0 Å². The van der Waals surface area contributed by atoms with Gasteiger partial charge in [-0.3, -0.25) is 0 Å². The summed E-state index contributed by atoms with van der Waals surface area (Å²) in [4.78, 5) is 0. The molecule has 0 bridgehead atoms. The maximum atomic E-state index is 5.27. The molecule has 0 atom stereocenters. The van der Waals surface area contributed by atoms with Crippen LogP contribution >= 0.6 is 55.1 Å². The number of hydrogen-bond donors (Lipinski definition) is 0. The molecular weight excluding hydrogens is 355 g/mol. The quantitative estimate of drug-likeness (QED) is 0.452. The van der Waals surface area contributed by atoms with E-state index in [1.165, 1.54) is 19.3 Å². The van der Waals surface area contributed by atoms with Crippen molar-refractivity contribution >= 4 is 55.1 Å². The van der Waals surface area contributed by atoms with E-state index >= 15 is 0 Å². The third kappa shape index (κ3) is 23.4. The highest BCUT2D eigenvalue weighted by molar-refractivity contribution is 9.09. The van der Waals surface area contributed by atoms with E-state index in [0.29, 0.717) is 25.0 Å². The minimum absolute atomic E-state index is 0.552. The zero-order chi connectivity index (χ0) is 11.1. The summed E-state index contributed by atoms with van der Waals surface area (Å²) in [7, 11) is 0. The summed E-state index contributed by atoms with van der Waals surface area (Å²) in [5.74, 6) is 1.10. The number of alkyl halides is 4. The molecule has 0 heterocycles. The normalized spacial score (nSPS) is 9.43. The Bertz CT molecular complexity index is 69.2. The summed E-state index contributed by atoms with van der Waals surface area (Å²) in [6.07, 6.45) is 3.97. The monoisotopic (exact) mass is 370 g/mol. The van der Waals surface area contributed by atoms with E-state index in [1.54, 1.807) is 0 Å². The molecule has 0 saturated heterocycles. The Hall–Kier alpha value is 1.50. The van der Waals surface area contributed by atoms with Crippen LogP contribution in [-0.2, 0) is 4.74 Å². The Morgan fingerprint density at radius 3 is 1.50 bits per heavy atom. The molecule has 0 rings (SSSR count). The van der Waals surface area contributed by atoms with Gasteiger partial charge in [0, 0.05) is 22.4 Å². The highest BCUT2D eigenvalue weighted by atomic mass is 79.9. The number of ether oxygens (including phenoxy) is 1. The highest BCUT2D eigenvalue weighted by Crippen LogP contribution is 1.99. The van der Waals surface area contributed by atoms with Crippen LogP contribution in [-0.4, -0.2) is 35.6 Å². The van der Waals surface area contributed by atoms with Crippen LogP contribution < -0.4 is 0 Å². The average molecular weight is 373 g/mol. The Kier molecular flexibility index (Phi) is 25.5. The lowest BCUT2D eigenvalue weighted by molar-refractivity contribution is 0.165. The first-order valence-corrected chi connectivity index (χ1v) is 7.96. The average Bonchev–Trinajstić information content (AvgIpc) is 2.21. The molecule has 0 fully saturated rings. The number of rotatable bonds is 8. The van der Waals surface area contributed by atoms with Crippen molar-refractivity contribution in [3.8, 4) is 0 Å². The van der Waals surface area contributed by atoms with Gasteiger partial charge in [0.05, 0.1) is 13.2 Å². The largest absolute Gasteiger partial charge is 0.379 e. The fourth-order valence-electron chi connectivity index (χ4n) is 0.577. The van der Waals surface area contributed by atoms with Gasteiger partial charge >= 0.3 is 0 Å². The standard InChI is InChI=1S/C5H10Br2.C4H8Cl2O/c6-4-2-1-3-5-7;5-1-3-7-4-2-6/h1-5H2;1-4H2. The fraction of sp³-hybridized carbons (Fsp3) is 1.00. The molecular formula is C9H18Br2Cl2O. The maximum absolute atomic E-state index is 5.27. The molecule has 0 spiro atoms. The van der Waals surface area contributed by atoms with Crippen LogP contribution in [0, 0.1) is 0 Å². The van der Waals surface area contributed by atoms with Gasteiger partial charge in [0.2, 0.25) is 0 Å². The van der Waals surface area contributed by atoms with E-state index in [-0.39, 0.29) is 0 Å². The lowest BCUT2D eigenvalue weighted by atomic mass is 10.3. The molecule has 0 aromatic heterocycles. The minimum Gasteiger partial charge on any atom is -0.379 e. The van der Waals surface area contributed by atoms with E-state index in [2.05, 4.69) is 31.9 Å². The Morgan fingerprint density at radius 1 is 0.786 bits per heavy atom. The lowest BCUT2D eigenvalue weighted by Crippen LogP contribution is -1.97. The van der Waals surface area contributed by atoms with Gasteiger partial charge in [-0.15, -0.1) is 23.2 Å². The molecule has 5 heteroatoms. The van der Waals surface area contributed by atoms with Crippen molar-refractivity contribution in [3.63, 3.8) is 0 Å². The van der Waals surface area contributed by atoms with Crippen molar-refractivity contribution in [1.29, 1.82) is 0 Å². The van der Waals surface area contributed by atoms with Gasteiger partial charge in [0.15, 0.2) is 0 Å². The van der Waals surface area contributed by atoms with Gasteiger partial charge in [0.1, 0.15) is 0 Å². The molecule has 0 saturated carbocycles. The molecule has 0 aromatic carbocycles. The maximum Gasteiger partial charge on any atom is 0.0602 e. The van der Waals surface area contributed by atoms with Crippen molar-refractivity contribution in [2.45, 2.75) is 19.3 Å². The van der Waals surface area contributed by atoms with Crippen molar-refractivity contribution in [1.82, 2.24) is 0 Å². The Labute approximate surface area is 114 Å². The molecule has 14 heavy (non-hydrogen) atoms. The molecule has 88 valence electrons. The smallest absolute Gasteiger partial charge is 0.0602 e. The summed E-state index contributed by atoms with van der Waals surface area (Å²) in [5, 5.41) is 2.31. The van der Waals surface area contributed by atoms with E-state index in [0.717, 1.165) is 10.7 Å². The molecule has 0 aliphatic carbocycles. The first kappa shape index (κ1) is 17.9. The molecule has 0 N–H and O–H groups in total. The number of unbranched alkanes of at least 4 members (excludes halogenated alkanes) is 2. The van der Waals surface area contributed by atoms with Crippen molar-refractivity contribution in [2.75, 3.05) is 35.6 Å². The highest BCUT2D eigenvalue weighted by Gasteiger charge is 1.82. The first-order valence-electron chi connectivity index (χ1n) is 4.65. The van der Waals surface area contributed by atoms with Crippen LogP contribution in [0.3, 0.4) is 0 Å².